The summed E-state index contributed by atoms with van der Waals surface area (Å²) >= 11 is 0. The van der Waals surface area contributed by atoms with Crippen molar-refractivity contribution in [1.29, 1.82) is 0 Å². The van der Waals surface area contributed by atoms with E-state index in [0.717, 1.165) is 15.4 Å². The van der Waals surface area contributed by atoms with Crippen molar-refractivity contribution < 1.29 is 22.7 Å². The van der Waals surface area contributed by atoms with Crippen LogP contribution in [0.2, 0.25) is 0 Å². The Balaban J connectivity index is 2.27. The molecule has 1 N–H and O–H groups in total. The molecule has 9 heteroatoms. The number of amides is 2. The first kappa shape index (κ1) is 27.3. The summed E-state index contributed by atoms with van der Waals surface area (Å²) in [5, 5.41) is 2.85. The van der Waals surface area contributed by atoms with Crippen LogP contribution in [0.1, 0.15) is 31.9 Å². The Kier molecular flexibility index (Phi) is 9.64. The van der Waals surface area contributed by atoms with Gasteiger partial charge in [0.05, 0.1) is 18.6 Å². The summed E-state index contributed by atoms with van der Waals surface area (Å²) in [7, 11) is -0.958. The van der Waals surface area contributed by atoms with E-state index in [4.69, 9.17) is 4.74 Å². The standard InChI is InChI=1S/C25H35N3O5S/c1-18(2)15-26-25(30)20(4)28(16-21-8-7-9-22(14-21)33-6)24(29)17-27(5)34(31,32)23-12-10-19(3)11-13-23/h7-14,18,20H,15-17H2,1-6H3,(H,26,30)/t20-/m1/s1. The van der Waals surface area contributed by atoms with Gasteiger partial charge in [0.2, 0.25) is 21.8 Å². The molecule has 0 fully saturated rings. The molecule has 0 heterocycles. The molecule has 2 amide bonds. The van der Waals surface area contributed by atoms with Crippen molar-refractivity contribution in [2.75, 3.05) is 27.2 Å². The summed E-state index contributed by atoms with van der Waals surface area (Å²) in [5.74, 6) is 0.104. The van der Waals surface area contributed by atoms with E-state index in [1.165, 1.54) is 24.1 Å². The molecule has 186 valence electrons. The number of rotatable bonds is 11. The molecule has 0 aliphatic rings. The van der Waals surface area contributed by atoms with Crippen LogP contribution in [0.4, 0.5) is 0 Å². The normalized spacial score (nSPS) is 12.5. The third-order valence-corrected chi connectivity index (χ3v) is 7.24. The van der Waals surface area contributed by atoms with Crippen molar-refractivity contribution in [3.8, 4) is 5.75 Å². The number of carbonyl (C=O) groups is 2. The van der Waals surface area contributed by atoms with Gasteiger partial charge in [-0.25, -0.2) is 8.42 Å². The molecular weight excluding hydrogens is 454 g/mol. The maximum absolute atomic E-state index is 13.3. The number of sulfonamides is 1. The average Bonchev–Trinajstić information content (AvgIpc) is 2.80. The number of hydrogen-bond donors (Lipinski definition) is 1. The molecular formula is C25H35N3O5S. The van der Waals surface area contributed by atoms with Gasteiger partial charge in [0, 0.05) is 20.1 Å². The lowest BCUT2D eigenvalue weighted by Gasteiger charge is -2.30. The Morgan fingerprint density at radius 3 is 2.29 bits per heavy atom. The first-order valence-electron chi connectivity index (χ1n) is 11.2. The molecule has 0 saturated heterocycles. The lowest BCUT2D eigenvalue weighted by Crippen LogP contribution is -2.51. The minimum atomic E-state index is -3.87. The number of carbonyl (C=O) groups excluding carboxylic acids is 2. The van der Waals surface area contributed by atoms with E-state index in [1.54, 1.807) is 44.4 Å². The fourth-order valence-electron chi connectivity index (χ4n) is 3.26. The zero-order valence-corrected chi connectivity index (χ0v) is 21.6. The number of nitrogens with zero attached hydrogens (tertiary/aromatic N) is 2. The van der Waals surface area contributed by atoms with E-state index >= 15 is 0 Å². The summed E-state index contributed by atoms with van der Waals surface area (Å²) < 4.78 is 32.2. The lowest BCUT2D eigenvalue weighted by atomic mass is 10.1. The van der Waals surface area contributed by atoms with Gasteiger partial charge in [-0.3, -0.25) is 9.59 Å². The molecule has 8 nitrogen and oxygen atoms in total. The Labute approximate surface area is 202 Å². The zero-order chi connectivity index (χ0) is 25.5. The smallest absolute Gasteiger partial charge is 0.243 e. The minimum absolute atomic E-state index is 0.107. The highest BCUT2D eigenvalue weighted by Gasteiger charge is 2.30. The molecule has 34 heavy (non-hydrogen) atoms. The van der Waals surface area contributed by atoms with Crippen molar-refractivity contribution >= 4 is 21.8 Å². The molecule has 0 aromatic heterocycles. The van der Waals surface area contributed by atoms with Gasteiger partial charge in [-0.2, -0.15) is 4.31 Å². The molecule has 0 bridgehead atoms. The largest absolute Gasteiger partial charge is 0.497 e. The van der Waals surface area contributed by atoms with Gasteiger partial charge in [-0.1, -0.05) is 43.7 Å². The average molecular weight is 490 g/mol. The molecule has 0 unspecified atom stereocenters. The molecule has 1 atom stereocenters. The number of hydrogen-bond acceptors (Lipinski definition) is 5. The van der Waals surface area contributed by atoms with Crippen LogP contribution in [0.5, 0.6) is 5.75 Å². The van der Waals surface area contributed by atoms with Crippen LogP contribution < -0.4 is 10.1 Å². The highest BCUT2D eigenvalue weighted by Crippen LogP contribution is 2.18. The van der Waals surface area contributed by atoms with Crippen molar-refractivity contribution in [3.05, 3.63) is 59.7 Å². The topological polar surface area (TPSA) is 96.0 Å². The summed E-state index contributed by atoms with van der Waals surface area (Å²) in [5.41, 5.74) is 1.70. The maximum Gasteiger partial charge on any atom is 0.243 e. The summed E-state index contributed by atoms with van der Waals surface area (Å²) in [6.07, 6.45) is 0. The Morgan fingerprint density at radius 2 is 1.71 bits per heavy atom. The third kappa shape index (κ3) is 7.30. The Morgan fingerprint density at radius 1 is 1.06 bits per heavy atom. The van der Waals surface area contributed by atoms with Gasteiger partial charge in [0.1, 0.15) is 11.8 Å². The second kappa shape index (κ2) is 12.0. The van der Waals surface area contributed by atoms with E-state index in [1.807, 2.05) is 26.8 Å². The van der Waals surface area contributed by atoms with Crippen molar-refractivity contribution in [1.82, 2.24) is 14.5 Å². The first-order valence-corrected chi connectivity index (χ1v) is 12.6. The van der Waals surface area contributed by atoms with Gasteiger partial charge in [0.25, 0.3) is 0 Å². The number of benzene rings is 2. The number of nitrogens with one attached hydrogen (secondary N) is 1. The van der Waals surface area contributed by atoms with Crippen molar-refractivity contribution in [3.63, 3.8) is 0 Å². The number of likely N-dealkylation sites (N-methyl/N-ethyl adjacent to an activating group) is 1. The summed E-state index contributed by atoms with van der Waals surface area (Å²) in [6.45, 7) is 7.68. The molecule has 0 saturated carbocycles. The fraction of sp³-hybridized carbons (Fsp3) is 0.440. The van der Waals surface area contributed by atoms with Crippen LogP contribution in [-0.4, -0.2) is 62.7 Å². The molecule has 0 radical (unpaired) electrons. The predicted molar refractivity (Wildman–Crippen MR) is 132 cm³/mol. The highest BCUT2D eigenvalue weighted by atomic mass is 32.2. The molecule has 2 rings (SSSR count). The monoisotopic (exact) mass is 489 g/mol. The van der Waals surface area contributed by atoms with Gasteiger partial charge in [0.15, 0.2) is 0 Å². The molecule has 2 aromatic rings. The van der Waals surface area contributed by atoms with Gasteiger partial charge >= 0.3 is 0 Å². The Bertz CT molecular complexity index is 1080. The molecule has 0 spiro atoms. The van der Waals surface area contributed by atoms with Crippen LogP contribution >= 0.6 is 0 Å². The minimum Gasteiger partial charge on any atom is -0.497 e. The fourth-order valence-corrected chi connectivity index (χ4v) is 4.38. The highest BCUT2D eigenvalue weighted by molar-refractivity contribution is 7.89. The van der Waals surface area contributed by atoms with Gasteiger partial charge in [-0.05, 0) is 49.6 Å². The third-order valence-electron chi connectivity index (χ3n) is 5.43. The first-order chi connectivity index (χ1) is 15.9. The molecule has 0 aliphatic carbocycles. The van der Waals surface area contributed by atoms with Gasteiger partial charge in [-0.15, -0.1) is 0 Å². The molecule has 2 aromatic carbocycles. The second-order valence-corrected chi connectivity index (χ2v) is 10.8. The van der Waals surface area contributed by atoms with Crippen molar-refractivity contribution in [2.45, 2.75) is 45.2 Å². The van der Waals surface area contributed by atoms with E-state index in [9.17, 15) is 18.0 Å². The number of ether oxygens (including phenoxy) is 1. The predicted octanol–water partition coefficient (Wildman–Crippen LogP) is 2.81. The van der Waals surface area contributed by atoms with E-state index < -0.39 is 28.5 Å². The summed E-state index contributed by atoms with van der Waals surface area (Å²) in [6, 6.07) is 12.8. The quantitative estimate of drug-likeness (QED) is 0.524. The van der Waals surface area contributed by atoms with Crippen LogP contribution in [-0.2, 0) is 26.2 Å². The van der Waals surface area contributed by atoms with E-state index in [-0.39, 0.29) is 23.3 Å². The van der Waals surface area contributed by atoms with Crippen molar-refractivity contribution in [2.24, 2.45) is 5.92 Å². The van der Waals surface area contributed by atoms with Crippen LogP contribution in [0.25, 0.3) is 0 Å². The molecule has 0 aliphatic heterocycles. The van der Waals surface area contributed by atoms with E-state index in [0.29, 0.717) is 12.3 Å². The number of aryl methyl sites for hydroxylation is 1. The SMILES string of the molecule is COc1cccc(CN(C(=O)CN(C)S(=O)(=O)c2ccc(C)cc2)[C@H](C)C(=O)NCC(C)C)c1. The van der Waals surface area contributed by atoms with Gasteiger partial charge < -0.3 is 15.0 Å². The number of methoxy groups -OCH3 is 1. The maximum atomic E-state index is 13.3. The van der Waals surface area contributed by atoms with Crippen LogP contribution in [0, 0.1) is 12.8 Å². The summed E-state index contributed by atoms with van der Waals surface area (Å²) in [4.78, 5) is 27.6. The second-order valence-electron chi connectivity index (χ2n) is 8.76. The van der Waals surface area contributed by atoms with E-state index in [2.05, 4.69) is 5.32 Å². The Hall–Kier alpha value is -2.91. The van der Waals surface area contributed by atoms with Crippen LogP contribution in [0.3, 0.4) is 0 Å². The lowest BCUT2D eigenvalue weighted by molar-refractivity contribution is -0.140. The zero-order valence-electron chi connectivity index (χ0n) is 20.7. The van der Waals surface area contributed by atoms with Crippen LogP contribution in [0.15, 0.2) is 53.4 Å².